The third-order valence-electron chi connectivity index (χ3n) is 2.73. The zero-order valence-corrected chi connectivity index (χ0v) is 10.4. The molecule has 5 nitrogen and oxygen atoms in total. The van der Waals surface area contributed by atoms with Gasteiger partial charge in [0.2, 0.25) is 0 Å². The third-order valence-corrected chi connectivity index (χ3v) is 2.73. The molecule has 0 fully saturated rings. The first-order valence-corrected chi connectivity index (χ1v) is 5.66. The quantitative estimate of drug-likeness (QED) is 0.608. The summed E-state index contributed by atoms with van der Waals surface area (Å²) in [4.78, 5) is 10.5. The van der Waals surface area contributed by atoms with Crippen molar-refractivity contribution in [3.05, 3.63) is 33.9 Å². The molecule has 0 heterocycles. The standard InChI is InChI=1S/C12H19N3O2/c1-8(2)10(13)7-14-11-6-9(3)4-5-12(11)15(16)17/h4-6,8,10,14H,7,13H2,1-3H3. The van der Waals surface area contributed by atoms with E-state index in [1.807, 2.05) is 20.8 Å². The van der Waals surface area contributed by atoms with Crippen molar-refractivity contribution in [2.45, 2.75) is 26.8 Å². The lowest BCUT2D eigenvalue weighted by Crippen LogP contribution is -2.34. The molecular formula is C12H19N3O2. The van der Waals surface area contributed by atoms with Gasteiger partial charge >= 0.3 is 0 Å². The number of benzene rings is 1. The maximum Gasteiger partial charge on any atom is 0.292 e. The normalized spacial score (nSPS) is 12.5. The van der Waals surface area contributed by atoms with E-state index in [1.165, 1.54) is 6.07 Å². The molecule has 94 valence electrons. The lowest BCUT2D eigenvalue weighted by Gasteiger charge is -2.17. The molecule has 1 unspecified atom stereocenters. The Morgan fingerprint density at radius 1 is 1.47 bits per heavy atom. The van der Waals surface area contributed by atoms with Gasteiger partial charge in [0.25, 0.3) is 5.69 Å². The van der Waals surface area contributed by atoms with E-state index in [4.69, 9.17) is 5.73 Å². The van der Waals surface area contributed by atoms with Crippen molar-refractivity contribution in [2.75, 3.05) is 11.9 Å². The number of nitro benzene ring substituents is 1. The number of anilines is 1. The molecule has 0 aliphatic carbocycles. The summed E-state index contributed by atoms with van der Waals surface area (Å²) >= 11 is 0. The highest BCUT2D eigenvalue weighted by Crippen LogP contribution is 2.25. The maximum absolute atomic E-state index is 10.8. The fraction of sp³-hybridized carbons (Fsp3) is 0.500. The summed E-state index contributed by atoms with van der Waals surface area (Å²) in [5, 5.41) is 13.9. The van der Waals surface area contributed by atoms with Crippen LogP contribution in [0.3, 0.4) is 0 Å². The Labute approximate surface area is 101 Å². The molecule has 0 aliphatic heterocycles. The Morgan fingerprint density at radius 2 is 2.12 bits per heavy atom. The van der Waals surface area contributed by atoms with Gasteiger partial charge in [0.05, 0.1) is 4.92 Å². The fourth-order valence-corrected chi connectivity index (χ4v) is 1.41. The predicted octanol–water partition coefficient (Wildman–Crippen LogP) is 2.30. The van der Waals surface area contributed by atoms with Gasteiger partial charge in [-0.1, -0.05) is 19.9 Å². The lowest BCUT2D eigenvalue weighted by molar-refractivity contribution is -0.384. The van der Waals surface area contributed by atoms with Gasteiger partial charge in [-0.3, -0.25) is 10.1 Å². The van der Waals surface area contributed by atoms with Gasteiger partial charge in [0.1, 0.15) is 5.69 Å². The smallest absolute Gasteiger partial charge is 0.292 e. The van der Waals surface area contributed by atoms with Crippen molar-refractivity contribution in [3.8, 4) is 0 Å². The predicted molar refractivity (Wildman–Crippen MR) is 69.1 cm³/mol. The number of aryl methyl sites for hydroxylation is 1. The summed E-state index contributed by atoms with van der Waals surface area (Å²) in [7, 11) is 0. The number of nitrogens with one attached hydrogen (secondary N) is 1. The number of nitro groups is 1. The van der Waals surface area contributed by atoms with E-state index in [2.05, 4.69) is 5.32 Å². The Balaban J connectivity index is 2.82. The largest absolute Gasteiger partial charge is 0.378 e. The molecule has 3 N–H and O–H groups in total. The van der Waals surface area contributed by atoms with Crippen molar-refractivity contribution in [1.82, 2.24) is 0 Å². The molecule has 5 heteroatoms. The molecule has 1 rings (SSSR count). The highest BCUT2D eigenvalue weighted by Gasteiger charge is 2.14. The van der Waals surface area contributed by atoms with Crippen LogP contribution in [0.2, 0.25) is 0 Å². The van der Waals surface area contributed by atoms with Crippen LogP contribution in [0, 0.1) is 23.0 Å². The van der Waals surface area contributed by atoms with Gasteiger partial charge < -0.3 is 11.1 Å². The van der Waals surface area contributed by atoms with Gasteiger partial charge in [0.15, 0.2) is 0 Å². The number of hydrogen-bond acceptors (Lipinski definition) is 4. The second-order valence-electron chi connectivity index (χ2n) is 4.57. The molecule has 1 aromatic rings. The summed E-state index contributed by atoms with van der Waals surface area (Å²) in [6.07, 6.45) is 0. The van der Waals surface area contributed by atoms with Gasteiger partial charge in [-0.15, -0.1) is 0 Å². The minimum Gasteiger partial charge on any atom is -0.378 e. The minimum absolute atomic E-state index is 0.0184. The van der Waals surface area contributed by atoms with Crippen molar-refractivity contribution < 1.29 is 4.92 Å². The maximum atomic E-state index is 10.8. The van der Waals surface area contributed by atoms with Gasteiger partial charge in [0, 0.05) is 18.7 Å². The van der Waals surface area contributed by atoms with E-state index in [0.29, 0.717) is 18.2 Å². The molecule has 0 aliphatic rings. The van der Waals surface area contributed by atoms with Crippen LogP contribution in [0.5, 0.6) is 0 Å². The number of nitrogens with two attached hydrogens (primary N) is 1. The second-order valence-corrected chi connectivity index (χ2v) is 4.57. The van der Waals surface area contributed by atoms with E-state index >= 15 is 0 Å². The SMILES string of the molecule is Cc1ccc([N+](=O)[O-])c(NCC(N)C(C)C)c1. The molecule has 0 amide bonds. The van der Waals surface area contributed by atoms with E-state index in [1.54, 1.807) is 12.1 Å². The van der Waals surface area contributed by atoms with Crippen molar-refractivity contribution >= 4 is 11.4 Å². The number of rotatable bonds is 5. The highest BCUT2D eigenvalue weighted by molar-refractivity contribution is 5.62. The molecular weight excluding hydrogens is 218 g/mol. The first kappa shape index (κ1) is 13.4. The van der Waals surface area contributed by atoms with Gasteiger partial charge in [-0.2, -0.15) is 0 Å². The summed E-state index contributed by atoms with van der Waals surface area (Å²) in [5.41, 5.74) is 7.50. The first-order chi connectivity index (χ1) is 7.91. The van der Waals surface area contributed by atoms with Crippen LogP contribution in [0.25, 0.3) is 0 Å². The zero-order chi connectivity index (χ0) is 13.0. The summed E-state index contributed by atoms with van der Waals surface area (Å²) < 4.78 is 0. The van der Waals surface area contributed by atoms with Gasteiger partial charge in [-0.05, 0) is 24.5 Å². The van der Waals surface area contributed by atoms with Crippen molar-refractivity contribution in [3.63, 3.8) is 0 Å². The van der Waals surface area contributed by atoms with E-state index in [-0.39, 0.29) is 16.7 Å². The van der Waals surface area contributed by atoms with Crippen LogP contribution in [-0.4, -0.2) is 17.5 Å². The second kappa shape index (κ2) is 5.63. The minimum atomic E-state index is -0.386. The van der Waals surface area contributed by atoms with Crippen molar-refractivity contribution in [1.29, 1.82) is 0 Å². The molecule has 0 bridgehead atoms. The molecule has 0 spiro atoms. The molecule has 17 heavy (non-hydrogen) atoms. The average molecular weight is 237 g/mol. The zero-order valence-electron chi connectivity index (χ0n) is 10.4. The van der Waals surface area contributed by atoms with Crippen molar-refractivity contribution in [2.24, 2.45) is 11.7 Å². The van der Waals surface area contributed by atoms with Crippen LogP contribution in [0.4, 0.5) is 11.4 Å². The fourth-order valence-electron chi connectivity index (χ4n) is 1.41. The van der Waals surface area contributed by atoms with E-state index < -0.39 is 0 Å². The number of hydrogen-bond donors (Lipinski definition) is 2. The van der Waals surface area contributed by atoms with E-state index in [0.717, 1.165) is 5.56 Å². The van der Waals surface area contributed by atoms with Crippen LogP contribution < -0.4 is 11.1 Å². The topological polar surface area (TPSA) is 81.2 Å². The third kappa shape index (κ3) is 3.71. The first-order valence-electron chi connectivity index (χ1n) is 5.66. The Kier molecular flexibility index (Phi) is 4.45. The molecule has 1 atom stereocenters. The van der Waals surface area contributed by atoms with Crippen LogP contribution in [0.15, 0.2) is 18.2 Å². The Bertz CT molecular complexity index is 405. The summed E-state index contributed by atoms with van der Waals surface area (Å²) in [5.74, 6) is 0.339. The highest BCUT2D eigenvalue weighted by atomic mass is 16.6. The van der Waals surface area contributed by atoms with Gasteiger partial charge in [-0.25, -0.2) is 0 Å². The van der Waals surface area contributed by atoms with E-state index in [9.17, 15) is 10.1 Å². The molecule has 0 radical (unpaired) electrons. The summed E-state index contributed by atoms with van der Waals surface area (Å²) in [6.45, 7) is 6.48. The molecule has 0 aromatic heterocycles. The lowest BCUT2D eigenvalue weighted by atomic mass is 10.1. The van der Waals surface area contributed by atoms with Crippen LogP contribution >= 0.6 is 0 Å². The molecule has 1 aromatic carbocycles. The molecule has 0 saturated carbocycles. The van der Waals surface area contributed by atoms with Crippen LogP contribution in [-0.2, 0) is 0 Å². The monoisotopic (exact) mass is 237 g/mol. The van der Waals surface area contributed by atoms with Crippen LogP contribution in [0.1, 0.15) is 19.4 Å². The summed E-state index contributed by atoms with van der Waals surface area (Å²) in [6, 6.07) is 4.99. The Morgan fingerprint density at radius 3 is 2.65 bits per heavy atom. The number of nitrogens with zero attached hydrogens (tertiary/aromatic N) is 1. The molecule has 0 saturated heterocycles. The average Bonchev–Trinajstić information content (AvgIpc) is 2.25. The Hall–Kier alpha value is -1.62.